The van der Waals surface area contributed by atoms with Crippen LogP contribution >= 0.6 is 0 Å². The molecular formula is C18H25N3O3S. The molecule has 1 aromatic carbocycles. The summed E-state index contributed by atoms with van der Waals surface area (Å²) in [5.41, 5.74) is 3.05. The number of nitrogens with one attached hydrogen (secondary N) is 1. The molecule has 0 saturated carbocycles. The highest BCUT2D eigenvalue weighted by Crippen LogP contribution is 2.17. The summed E-state index contributed by atoms with van der Waals surface area (Å²) in [5, 5.41) is 7.29. The van der Waals surface area contributed by atoms with E-state index in [2.05, 4.69) is 10.4 Å². The first kappa shape index (κ1) is 19.2. The second-order valence-electron chi connectivity index (χ2n) is 6.68. The van der Waals surface area contributed by atoms with Gasteiger partial charge in [0.15, 0.2) is 9.84 Å². The van der Waals surface area contributed by atoms with E-state index in [9.17, 15) is 13.2 Å². The zero-order chi connectivity index (χ0) is 18.8. The Morgan fingerprint density at radius 2 is 1.92 bits per heavy atom. The Labute approximate surface area is 149 Å². The average Bonchev–Trinajstić information content (AvgIpc) is 2.81. The summed E-state index contributed by atoms with van der Waals surface area (Å²) in [6.07, 6.45) is 1.15. The third-order valence-corrected chi connectivity index (χ3v) is 5.29. The Hall–Kier alpha value is -2.15. The Morgan fingerprint density at radius 3 is 2.48 bits per heavy atom. The van der Waals surface area contributed by atoms with Gasteiger partial charge in [0.1, 0.15) is 0 Å². The van der Waals surface area contributed by atoms with Crippen LogP contribution < -0.4 is 5.32 Å². The second-order valence-corrected chi connectivity index (χ2v) is 8.66. The molecule has 0 spiro atoms. The summed E-state index contributed by atoms with van der Waals surface area (Å²) in [5.74, 6) is -0.0769. The summed E-state index contributed by atoms with van der Waals surface area (Å²) < 4.78 is 25.5. The molecule has 2 rings (SSSR count). The van der Waals surface area contributed by atoms with Gasteiger partial charge < -0.3 is 5.32 Å². The molecule has 2 aromatic rings. The highest BCUT2D eigenvalue weighted by Gasteiger charge is 2.15. The minimum Gasteiger partial charge on any atom is -0.352 e. The van der Waals surface area contributed by atoms with Gasteiger partial charge in [-0.1, -0.05) is 13.0 Å². The average molecular weight is 363 g/mol. The van der Waals surface area contributed by atoms with Crippen LogP contribution in [0.3, 0.4) is 0 Å². The quantitative estimate of drug-likeness (QED) is 0.854. The Bertz CT molecular complexity index is 885. The largest absolute Gasteiger partial charge is 0.352 e. The van der Waals surface area contributed by atoms with E-state index in [4.69, 9.17) is 0 Å². The molecule has 7 heteroatoms. The summed E-state index contributed by atoms with van der Waals surface area (Å²) in [6, 6.07) is 6.76. The normalized spacial score (nSPS) is 12.8. The van der Waals surface area contributed by atoms with Gasteiger partial charge in [-0.3, -0.25) is 9.48 Å². The lowest BCUT2D eigenvalue weighted by Gasteiger charge is -2.14. The predicted molar refractivity (Wildman–Crippen MR) is 97.5 cm³/mol. The van der Waals surface area contributed by atoms with E-state index in [1.54, 1.807) is 19.1 Å². The van der Waals surface area contributed by atoms with Crippen LogP contribution in [0.15, 0.2) is 29.2 Å². The number of carbonyl (C=O) groups is 1. The smallest absolute Gasteiger partial charge is 0.251 e. The first-order valence-corrected chi connectivity index (χ1v) is 10.1. The fourth-order valence-corrected chi connectivity index (χ4v) is 3.72. The summed E-state index contributed by atoms with van der Waals surface area (Å²) >= 11 is 0. The number of hydrogen-bond acceptors (Lipinski definition) is 4. The molecule has 0 radical (unpaired) electrons. The molecule has 0 aliphatic heterocycles. The Morgan fingerprint density at radius 1 is 1.24 bits per heavy atom. The second kappa shape index (κ2) is 7.39. The molecular weight excluding hydrogens is 338 g/mol. The fourth-order valence-electron chi connectivity index (χ4n) is 2.73. The van der Waals surface area contributed by atoms with Crippen molar-refractivity contribution < 1.29 is 13.2 Å². The van der Waals surface area contributed by atoms with Crippen molar-refractivity contribution in [1.82, 2.24) is 15.1 Å². The van der Waals surface area contributed by atoms with Crippen LogP contribution in [0.4, 0.5) is 0 Å². The monoisotopic (exact) mass is 363 g/mol. The minimum atomic E-state index is -3.36. The number of carbonyl (C=O) groups excluding carboxylic acids is 1. The number of benzene rings is 1. The van der Waals surface area contributed by atoms with Gasteiger partial charge in [0.05, 0.1) is 10.6 Å². The first-order valence-electron chi connectivity index (χ1n) is 8.18. The summed E-state index contributed by atoms with van der Waals surface area (Å²) in [7, 11) is -3.36. The van der Waals surface area contributed by atoms with Gasteiger partial charge in [-0.15, -0.1) is 0 Å². The van der Waals surface area contributed by atoms with E-state index in [1.165, 1.54) is 6.07 Å². The Balaban J connectivity index is 2.01. The molecule has 1 atom stereocenters. The van der Waals surface area contributed by atoms with Crippen LogP contribution in [0.25, 0.3) is 0 Å². The summed E-state index contributed by atoms with van der Waals surface area (Å²) in [6.45, 7) is 8.90. The van der Waals surface area contributed by atoms with Crippen molar-refractivity contribution in [3.05, 3.63) is 46.8 Å². The van der Waals surface area contributed by atoms with Gasteiger partial charge in [-0.2, -0.15) is 5.10 Å². The van der Waals surface area contributed by atoms with Crippen molar-refractivity contribution in [2.24, 2.45) is 5.92 Å². The van der Waals surface area contributed by atoms with Crippen molar-refractivity contribution in [2.45, 2.75) is 39.1 Å². The van der Waals surface area contributed by atoms with E-state index in [0.717, 1.165) is 17.6 Å². The van der Waals surface area contributed by atoms with Crippen LogP contribution in [0.2, 0.25) is 0 Å². The zero-order valence-electron chi connectivity index (χ0n) is 15.3. The molecule has 1 N–H and O–H groups in total. The van der Waals surface area contributed by atoms with Crippen LogP contribution in [-0.2, 0) is 16.4 Å². The third kappa shape index (κ3) is 4.92. The SMILES string of the molecule is Cc1cc(C)n(CC(C)CNC(=O)c2ccc(C)c(S(C)(=O)=O)c2)n1. The molecule has 6 nitrogen and oxygen atoms in total. The number of rotatable bonds is 6. The zero-order valence-corrected chi connectivity index (χ0v) is 16.1. The third-order valence-electron chi connectivity index (χ3n) is 4.05. The number of hydrogen-bond donors (Lipinski definition) is 1. The van der Waals surface area contributed by atoms with Crippen LogP contribution in [-0.4, -0.2) is 36.9 Å². The maximum absolute atomic E-state index is 12.3. The molecule has 25 heavy (non-hydrogen) atoms. The van der Waals surface area contributed by atoms with Gasteiger partial charge in [0.25, 0.3) is 5.91 Å². The van der Waals surface area contributed by atoms with Crippen molar-refractivity contribution in [3.8, 4) is 0 Å². The standard InChI is InChI=1S/C18H25N3O3S/c1-12(11-21-15(4)8-14(3)20-21)10-19-18(22)16-7-6-13(2)17(9-16)25(5,23)24/h6-9,12H,10-11H2,1-5H3,(H,19,22). The lowest BCUT2D eigenvalue weighted by atomic mass is 10.1. The van der Waals surface area contributed by atoms with Gasteiger partial charge in [-0.25, -0.2) is 8.42 Å². The molecule has 1 aromatic heterocycles. The van der Waals surface area contributed by atoms with Crippen LogP contribution in [0.1, 0.15) is 34.2 Å². The molecule has 0 aliphatic rings. The van der Waals surface area contributed by atoms with Crippen molar-refractivity contribution >= 4 is 15.7 Å². The lowest BCUT2D eigenvalue weighted by Crippen LogP contribution is -2.30. The molecule has 1 amide bonds. The minimum absolute atomic E-state index is 0.191. The van der Waals surface area contributed by atoms with Gasteiger partial charge in [-0.05, 0) is 50.5 Å². The molecule has 136 valence electrons. The highest BCUT2D eigenvalue weighted by atomic mass is 32.2. The maximum atomic E-state index is 12.3. The van der Waals surface area contributed by atoms with Crippen molar-refractivity contribution in [2.75, 3.05) is 12.8 Å². The van der Waals surface area contributed by atoms with E-state index in [1.807, 2.05) is 31.5 Å². The molecule has 1 unspecified atom stereocenters. The van der Waals surface area contributed by atoms with Crippen LogP contribution in [0, 0.1) is 26.7 Å². The van der Waals surface area contributed by atoms with Crippen molar-refractivity contribution in [1.29, 1.82) is 0 Å². The molecule has 0 fully saturated rings. The molecule has 0 bridgehead atoms. The molecule has 1 heterocycles. The first-order chi connectivity index (χ1) is 11.6. The van der Waals surface area contributed by atoms with Gasteiger partial charge >= 0.3 is 0 Å². The van der Waals surface area contributed by atoms with Crippen LogP contribution in [0.5, 0.6) is 0 Å². The number of sulfone groups is 1. The lowest BCUT2D eigenvalue weighted by molar-refractivity contribution is 0.0946. The van der Waals surface area contributed by atoms with E-state index < -0.39 is 9.84 Å². The fraction of sp³-hybridized carbons (Fsp3) is 0.444. The molecule has 0 saturated heterocycles. The van der Waals surface area contributed by atoms with Gasteiger partial charge in [0, 0.05) is 30.6 Å². The number of aryl methyl sites for hydroxylation is 3. The number of amides is 1. The number of aromatic nitrogens is 2. The van der Waals surface area contributed by atoms with E-state index in [0.29, 0.717) is 24.2 Å². The maximum Gasteiger partial charge on any atom is 0.251 e. The number of nitrogens with zero attached hydrogens (tertiary/aromatic N) is 2. The summed E-state index contributed by atoms with van der Waals surface area (Å²) in [4.78, 5) is 12.5. The molecule has 0 aliphatic carbocycles. The predicted octanol–water partition coefficient (Wildman–Crippen LogP) is 2.28. The van der Waals surface area contributed by atoms with E-state index in [-0.39, 0.29) is 16.7 Å². The topological polar surface area (TPSA) is 81.1 Å². The van der Waals surface area contributed by atoms with Crippen molar-refractivity contribution in [3.63, 3.8) is 0 Å². The highest BCUT2D eigenvalue weighted by molar-refractivity contribution is 7.90. The van der Waals surface area contributed by atoms with Gasteiger partial charge in [0.2, 0.25) is 0 Å². The van der Waals surface area contributed by atoms with E-state index >= 15 is 0 Å². The Kier molecular flexibility index (Phi) is 5.67.